The summed E-state index contributed by atoms with van der Waals surface area (Å²) in [4.78, 5) is 14.1. The zero-order valence-corrected chi connectivity index (χ0v) is 11.2. The Balaban J connectivity index is 2.27. The molecule has 2 nitrogen and oxygen atoms in total. The molecular formula is C12H23NOS. The van der Waals surface area contributed by atoms with E-state index in [9.17, 15) is 4.79 Å². The van der Waals surface area contributed by atoms with Crippen LogP contribution in [0.2, 0.25) is 0 Å². The lowest BCUT2D eigenvalue weighted by molar-refractivity contribution is -0.126. The molecule has 1 rings (SSSR count). The summed E-state index contributed by atoms with van der Waals surface area (Å²) in [6, 6.07) is 0.697. The molecule has 1 heterocycles. The number of hydrogen-bond donors (Lipinski definition) is 0. The van der Waals surface area contributed by atoms with Crippen molar-refractivity contribution in [2.45, 2.75) is 39.7 Å². The van der Waals surface area contributed by atoms with Crippen LogP contribution in [0.4, 0.5) is 0 Å². The predicted molar refractivity (Wildman–Crippen MR) is 67.4 cm³/mol. The number of Topliss-reactive ketones (excluding diaryl/α,β-unsaturated/α-hetero) is 1. The van der Waals surface area contributed by atoms with Gasteiger partial charge in [-0.25, -0.2) is 0 Å². The van der Waals surface area contributed by atoms with E-state index in [4.69, 9.17) is 0 Å². The van der Waals surface area contributed by atoms with E-state index in [1.54, 1.807) is 0 Å². The fraction of sp³-hybridized carbons (Fsp3) is 0.917. The lowest BCUT2D eigenvalue weighted by Gasteiger charge is -2.25. The van der Waals surface area contributed by atoms with Crippen LogP contribution in [0.3, 0.4) is 0 Å². The summed E-state index contributed by atoms with van der Waals surface area (Å²) < 4.78 is 0. The molecule has 1 aliphatic heterocycles. The number of nitrogens with zero attached hydrogens (tertiary/aromatic N) is 1. The monoisotopic (exact) mass is 229 g/mol. The van der Waals surface area contributed by atoms with Crippen LogP contribution >= 0.6 is 11.8 Å². The van der Waals surface area contributed by atoms with Gasteiger partial charge in [-0.1, -0.05) is 20.8 Å². The number of hydrogen-bond acceptors (Lipinski definition) is 3. The van der Waals surface area contributed by atoms with E-state index in [0.717, 1.165) is 6.54 Å². The van der Waals surface area contributed by atoms with Crippen LogP contribution in [0.25, 0.3) is 0 Å². The molecule has 1 aliphatic rings. The zero-order chi connectivity index (χ0) is 11.5. The predicted octanol–water partition coefficient (Wildman–Crippen LogP) is 2.43. The fourth-order valence-electron chi connectivity index (χ4n) is 1.71. The van der Waals surface area contributed by atoms with Crippen molar-refractivity contribution in [3.63, 3.8) is 0 Å². The summed E-state index contributed by atoms with van der Waals surface area (Å²) in [6.45, 7) is 6.92. The minimum atomic E-state index is -0.175. The van der Waals surface area contributed by atoms with Gasteiger partial charge in [0.25, 0.3) is 0 Å². The quantitative estimate of drug-likeness (QED) is 0.738. The zero-order valence-electron chi connectivity index (χ0n) is 10.4. The van der Waals surface area contributed by atoms with Gasteiger partial charge in [-0.05, 0) is 19.2 Å². The lowest BCUT2D eigenvalue weighted by Crippen LogP contribution is -2.34. The highest BCUT2D eigenvalue weighted by Gasteiger charge is 2.24. The molecular weight excluding hydrogens is 206 g/mol. The highest BCUT2D eigenvalue weighted by molar-refractivity contribution is 7.99. The van der Waals surface area contributed by atoms with Crippen molar-refractivity contribution in [1.82, 2.24) is 4.90 Å². The van der Waals surface area contributed by atoms with Gasteiger partial charge < -0.3 is 4.90 Å². The third-order valence-electron chi connectivity index (χ3n) is 3.06. The first-order chi connectivity index (χ1) is 6.91. The van der Waals surface area contributed by atoms with Crippen LogP contribution in [0, 0.1) is 5.41 Å². The summed E-state index contributed by atoms with van der Waals surface area (Å²) in [5, 5.41) is 0. The molecule has 15 heavy (non-hydrogen) atoms. The largest absolute Gasteiger partial charge is 0.302 e. The Morgan fingerprint density at radius 3 is 2.60 bits per heavy atom. The number of rotatable bonds is 4. The van der Waals surface area contributed by atoms with Gasteiger partial charge in [0.1, 0.15) is 5.78 Å². The first kappa shape index (κ1) is 13.0. The molecule has 0 bridgehead atoms. The van der Waals surface area contributed by atoms with Crippen molar-refractivity contribution < 1.29 is 4.79 Å². The third kappa shape index (κ3) is 4.15. The second kappa shape index (κ2) is 5.35. The third-order valence-corrected chi connectivity index (χ3v) is 4.20. The maximum Gasteiger partial charge on any atom is 0.139 e. The second-order valence-electron chi connectivity index (χ2n) is 5.42. The number of carbonyl (C=O) groups excluding carboxylic acids is 1. The van der Waals surface area contributed by atoms with E-state index in [-0.39, 0.29) is 5.41 Å². The lowest BCUT2D eigenvalue weighted by atomic mass is 9.89. The Hall–Kier alpha value is -0.0200. The van der Waals surface area contributed by atoms with Gasteiger partial charge in [0.05, 0.1) is 0 Å². The maximum atomic E-state index is 11.8. The van der Waals surface area contributed by atoms with Crippen molar-refractivity contribution >= 4 is 17.5 Å². The number of thioether (sulfide) groups is 1. The number of ketones is 1. The summed E-state index contributed by atoms with van der Waals surface area (Å²) in [5.41, 5.74) is -0.175. The van der Waals surface area contributed by atoms with Crippen LogP contribution in [-0.4, -0.2) is 41.8 Å². The molecule has 3 heteroatoms. The molecule has 0 aliphatic carbocycles. The molecule has 0 aromatic rings. The Morgan fingerprint density at radius 2 is 2.13 bits per heavy atom. The molecule has 0 saturated carbocycles. The molecule has 88 valence electrons. The smallest absolute Gasteiger partial charge is 0.139 e. The Kier molecular flexibility index (Phi) is 4.65. The molecule has 0 N–H and O–H groups in total. The molecule has 0 aromatic heterocycles. The Bertz CT molecular complexity index is 216. The van der Waals surface area contributed by atoms with Gasteiger partial charge in [0.2, 0.25) is 0 Å². The molecule has 0 spiro atoms. The van der Waals surface area contributed by atoms with E-state index in [1.807, 2.05) is 32.5 Å². The normalized spacial score (nSPS) is 22.3. The molecule has 0 amide bonds. The van der Waals surface area contributed by atoms with E-state index >= 15 is 0 Å². The average molecular weight is 229 g/mol. The molecule has 0 aromatic carbocycles. The van der Waals surface area contributed by atoms with Crippen molar-refractivity contribution in [3.8, 4) is 0 Å². The number of carbonyl (C=O) groups is 1. The maximum absolute atomic E-state index is 11.8. The van der Waals surface area contributed by atoms with Crippen LogP contribution < -0.4 is 0 Å². The van der Waals surface area contributed by atoms with Gasteiger partial charge in [-0.15, -0.1) is 0 Å². The summed E-state index contributed by atoms with van der Waals surface area (Å²) in [5.74, 6) is 2.89. The molecule has 1 unspecified atom stereocenters. The van der Waals surface area contributed by atoms with Crippen LogP contribution in [0.1, 0.15) is 33.6 Å². The molecule has 1 atom stereocenters. The van der Waals surface area contributed by atoms with E-state index in [2.05, 4.69) is 11.9 Å². The Morgan fingerprint density at radius 1 is 1.47 bits per heavy atom. The highest BCUT2D eigenvalue weighted by atomic mass is 32.2. The van der Waals surface area contributed by atoms with E-state index < -0.39 is 0 Å². The Labute approximate surface area is 97.8 Å². The van der Waals surface area contributed by atoms with Crippen molar-refractivity contribution in [2.75, 3.05) is 25.1 Å². The summed E-state index contributed by atoms with van der Waals surface area (Å²) in [7, 11) is 2.15. The van der Waals surface area contributed by atoms with Crippen LogP contribution in [0.5, 0.6) is 0 Å². The fourth-order valence-corrected chi connectivity index (χ4v) is 3.00. The molecule has 1 saturated heterocycles. The molecule has 0 radical (unpaired) electrons. The van der Waals surface area contributed by atoms with Gasteiger partial charge >= 0.3 is 0 Å². The molecule has 1 fully saturated rings. The van der Waals surface area contributed by atoms with E-state index in [1.165, 1.54) is 17.9 Å². The van der Waals surface area contributed by atoms with Crippen molar-refractivity contribution in [1.29, 1.82) is 0 Å². The van der Waals surface area contributed by atoms with Gasteiger partial charge in [0, 0.05) is 30.2 Å². The van der Waals surface area contributed by atoms with Gasteiger partial charge in [0.15, 0.2) is 0 Å². The first-order valence-corrected chi connectivity index (χ1v) is 6.88. The highest BCUT2D eigenvalue weighted by Crippen LogP contribution is 2.22. The average Bonchev–Trinajstić information content (AvgIpc) is 2.64. The summed E-state index contributed by atoms with van der Waals surface area (Å²) >= 11 is 2.02. The SMILES string of the molecule is CN(CCC(=O)C(C)(C)C)C1CCSC1. The van der Waals surface area contributed by atoms with Crippen molar-refractivity contribution in [3.05, 3.63) is 0 Å². The first-order valence-electron chi connectivity index (χ1n) is 5.72. The van der Waals surface area contributed by atoms with Gasteiger partial charge in [-0.3, -0.25) is 4.79 Å². The van der Waals surface area contributed by atoms with Crippen LogP contribution in [0.15, 0.2) is 0 Å². The standard InChI is InChI=1S/C12H23NOS/c1-12(2,3)11(14)5-7-13(4)10-6-8-15-9-10/h10H,5-9H2,1-4H3. The topological polar surface area (TPSA) is 20.3 Å². The minimum absolute atomic E-state index is 0.175. The van der Waals surface area contributed by atoms with Crippen LogP contribution in [-0.2, 0) is 4.79 Å². The van der Waals surface area contributed by atoms with Gasteiger partial charge in [-0.2, -0.15) is 11.8 Å². The van der Waals surface area contributed by atoms with E-state index in [0.29, 0.717) is 18.2 Å². The summed E-state index contributed by atoms with van der Waals surface area (Å²) in [6.07, 6.45) is 1.98. The minimum Gasteiger partial charge on any atom is -0.302 e. The second-order valence-corrected chi connectivity index (χ2v) is 6.57. The van der Waals surface area contributed by atoms with Crippen molar-refractivity contribution in [2.24, 2.45) is 5.41 Å².